The molecule has 0 spiro atoms. The van der Waals surface area contributed by atoms with Crippen LogP contribution in [-0.4, -0.2) is 48.9 Å². The molecule has 0 bridgehead atoms. The summed E-state index contributed by atoms with van der Waals surface area (Å²) >= 11 is 0. The van der Waals surface area contributed by atoms with E-state index in [2.05, 4.69) is 5.32 Å². The number of primary amides is 1. The van der Waals surface area contributed by atoms with E-state index in [1.165, 1.54) is 10.4 Å². The first-order valence-corrected chi connectivity index (χ1v) is 9.60. The number of nitrogens with zero attached hydrogens (tertiary/aromatic N) is 2. The summed E-state index contributed by atoms with van der Waals surface area (Å²) in [5, 5.41) is 4.29. The lowest BCUT2D eigenvalue weighted by Crippen LogP contribution is -3.01. The van der Waals surface area contributed by atoms with Crippen molar-refractivity contribution in [2.24, 2.45) is 0 Å². The SMILES string of the molecule is O=C1[NH2+]N(c2ccccc2)C(=O)C2=C1Oc1c(cccc1C(=O)N1CCOCC1)N2. The van der Waals surface area contributed by atoms with E-state index in [-0.39, 0.29) is 23.1 Å². The van der Waals surface area contributed by atoms with Gasteiger partial charge in [0.1, 0.15) is 0 Å². The fourth-order valence-electron chi connectivity index (χ4n) is 3.65. The molecule has 2 aromatic rings. The number of carbonyl (C=O) groups is 3. The first-order chi connectivity index (χ1) is 14.6. The van der Waals surface area contributed by atoms with Crippen LogP contribution in [-0.2, 0) is 14.3 Å². The van der Waals surface area contributed by atoms with Crippen LogP contribution in [0.5, 0.6) is 5.75 Å². The number of quaternary nitrogens is 1. The second-order valence-corrected chi connectivity index (χ2v) is 7.02. The maximum Gasteiger partial charge on any atom is 0.405 e. The minimum atomic E-state index is -0.458. The van der Waals surface area contributed by atoms with Crippen molar-refractivity contribution in [1.82, 2.24) is 4.90 Å². The van der Waals surface area contributed by atoms with Crippen LogP contribution in [0, 0.1) is 0 Å². The topological polar surface area (TPSA) is 105 Å². The molecule has 9 heteroatoms. The molecule has 0 saturated carbocycles. The number of benzene rings is 2. The summed E-state index contributed by atoms with van der Waals surface area (Å²) in [5.74, 6) is -0.936. The van der Waals surface area contributed by atoms with Crippen molar-refractivity contribution in [3.63, 3.8) is 0 Å². The Morgan fingerprint density at radius 1 is 1.00 bits per heavy atom. The number of carbonyl (C=O) groups excluding carboxylic acids is 3. The number of morpholine rings is 1. The van der Waals surface area contributed by atoms with Crippen LogP contribution in [0.1, 0.15) is 10.4 Å². The third kappa shape index (κ3) is 3.00. The highest BCUT2D eigenvalue weighted by Crippen LogP contribution is 2.37. The molecule has 3 aliphatic rings. The minimum Gasteiger partial charge on any atom is -0.442 e. The van der Waals surface area contributed by atoms with Gasteiger partial charge in [-0.1, -0.05) is 24.3 Å². The molecule has 30 heavy (non-hydrogen) atoms. The van der Waals surface area contributed by atoms with Gasteiger partial charge < -0.3 is 19.7 Å². The monoisotopic (exact) mass is 407 g/mol. The first-order valence-electron chi connectivity index (χ1n) is 9.60. The molecule has 9 nitrogen and oxygen atoms in total. The highest BCUT2D eigenvalue weighted by molar-refractivity contribution is 6.14. The number of hydrogen-bond acceptors (Lipinski definition) is 6. The molecule has 1 saturated heterocycles. The van der Waals surface area contributed by atoms with Gasteiger partial charge in [-0.05, 0) is 24.3 Å². The van der Waals surface area contributed by atoms with Crippen molar-refractivity contribution in [2.75, 3.05) is 36.6 Å². The second kappa shape index (κ2) is 7.29. The highest BCUT2D eigenvalue weighted by Gasteiger charge is 2.43. The molecular weight excluding hydrogens is 388 g/mol. The van der Waals surface area contributed by atoms with E-state index in [9.17, 15) is 14.4 Å². The standard InChI is InChI=1S/C21H18N4O5/c26-19-18-16(21(28)25(23-19)13-5-2-1-3-6-13)22-15-8-4-7-14(17(15)30-18)20(27)24-9-11-29-12-10-24/h1-8,22H,9-12H2,(H,23,26)/p+1. The lowest BCUT2D eigenvalue weighted by Gasteiger charge is -2.31. The van der Waals surface area contributed by atoms with Crippen molar-refractivity contribution in [2.45, 2.75) is 0 Å². The van der Waals surface area contributed by atoms with Crippen molar-refractivity contribution >= 4 is 29.1 Å². The van der Waals surface area contributed by atoms with Gasteiger partial charge >= 0.3 is 11.8 Å². The molecule has 5 rings (SSSR count). The lowest BCUT2D eigenvalue weighted by atomic mass is 10.1. The number of fused-ring (bicyclic) bond motifs is 1. The lowest BCUT2D eigenvalue weighted by molar-refractivity contribution is -0.570. The average molecular weight is 407 g/mol. The Morgan fingerprint density at radius 3 is 2.53 bits per heavy atom. The van der Waals surface area contributed by atoms with E-state index in [0.717, 1.165) is 0 Å². The Hall–Kier alpha value is -3.69. The third-order valence-electron chi connectivity index (χ3n) is 5.17. The van der Waals surface area contributed by atoms with Gasteiger partial charge in [-0.2, -0.15) is 5.43 Å². The molecule has 3 heterocycles. The number of rotatable bonds is 2. The number of anilines is 2. The third-order valence-corrected chi connectivity index (χ3v) is 5.17. The molecule has 3 amide bonds. The van der Waals surface area contributed by atoms with Gasteiger partial charge in [0.15, 0.2) is 11.4 Å². The molecule has 0 atom stereocenters. The Morgan fingerprint density at radius 2 is 1.77 bits per heavy atom. The largest absolute Gasteiger partial charge is 0.442 e. The van der Waals surface area contributed by atoms with Crippen molar-refractivity contribution in [3.05, 3.63) is 65.6 Å². The number of nitrogens with one attached hydrogen (secondary N) is 1. The summed E-state index contributed by atoms with van der Waals surface area (Å²) in [4.78, 5) is 40.5. The van der Waals surface area contributed by atoms with Crippen LogP contribution in [0.2, 0.25) is 0 Å². The molecule has 0 aliphatic carbocycles. The number of para-hydroxylation sites is 2. The summed E-state index contributed by atoms with van der Waals surface area (Å²) in [7, 11) is 0. The Kier molecular flexibility index (Phi) is 4.46. The molecule has 2 aromatic carbocycles. The maximum atomic E-state index is 13.0. The summed E-state index contributed by atoms with van der Waals surface area (Å²) < 4.78 is 11.2. The minimum absolute atomic E-state index is 0.0508. The van der Waals surface area contributed by atoms with E-state index in [4.69, 9.17) is 9.47 Å². The van der Waals surface area contributed by atoms with Crippen LogP contribution in [0.25, 0.3) is 0 Å². The van der Waals surface area contributed by atoms with Crippen LogP contribution >= 0.6 is 0 Å². The first kappa shape index (κ1) is 18.3. The zero-order valence-electron chi connectivity index (χ0n) is 16.0. The molecule has 0 unspecified atom stereocenters. The maximum absolute atomic E-state index is 13.0. The fraction of sp³-hybridized carbons (Fsp3) is 0.190. The van der Waals surface area contributed by atoms with Gasteiger partial charge in [0.2, 0.25) is 0 Å². The van der Waals surface area contributed by atoms with E-state index in [1.54, 1.807) is 47.4 Å². The van der Waals surface area contributed by atoms with Gasteiger partial charge in [0, 0.05) is 13.1 Å². The van der Waals surface area contributed by atoms with Crippen molar-refractivity contribution in [3.8, 4) is 5.75 Å². The average Bonchev–Trinajstić information content (AvgIpc) is 2.80. The predicted octanol–water partition coefficient (Wildman–Crippen LogP) is 0.227. The van der Waals surface area contributed by atoms with E-state index in [1.807, 2.05) is 6.07 Å². The van der Waals surface area contributed by atoms with Crippen LogP contribution in [0.15, 0.2) is 60.0 Å². The normalized spacial score (nSPS) is 18.4. The van der Waals surface area contributed by atoms with Crippen LogP contribution < -0.4 is 20.5 Å². The van der Waals surface area contributed by atoms with Crippen LogP contribution in [0.3, 0.4) is 0 Å². The number of hydrogen-bond donors (Lipinski definition) is 2. The van der Waals surface area contributed by atoms with Gasteiger partial charge in [0.25, 0.3) is 11.7 Å². The molecule has 1 fully saturated rings. The zero-order chi connectivity index (χ0) is 20.7. The van der Waals surface area contributed by atoms with Crippen molar-refractivity contribution in [1.29, 1.82) is 0 Å². The number of ether oxygens (including phenoxy) is 2. The Balaban J connectivity index is 1.48. The molecular formula is C21H19N4O5+. The Labute approximate surface area is 171 Å². The van der Waals surface area contributed by atoms with Gasteiger partial charge in [-0.15, -0.1) is 5.01 Å². The van der Waals surface area contributed by atoms with E-state index < -0.39 is 11.8 Å². The van der Waals surface area contributed by atoms with E-state index >= 15 is 0 Å². The Bertz CT molecular complexity index is 1080. The predicted molar refractivity (Wildman–Crippen MR) is 105 cm³/mol. The fourth-order valence-corrected chi connectivity index (χ4v) is 3.65. The zero-order valence-corrected chi connectivity index (χ0v) is 16.0. The molecule has 3 N–H and O–H groups in total. The summed E-state index contributed by atoms with van der Waals surface area (Å²) in [6.45, 7) is 1.93. The smallest absolute Gasteiger partial charge is 0.405 e. The molecule has 3 aliphatic heterocycles. The molecule has 0 aromatic heterocycles. The van der Waals surface area contributed by atoms with Crippen LogP contribution in [0.4, 0.5) is 11.4 Å². The quantitative estimate of drug-likeness (QED) is 0.545. The molecule has 0 radical (unpaired) electrons. The molecule has 152 valence electrons. The summed E-state index contributed by atoms with van der Waals surface area (Å²) in [6, 6.07) is 14.0. The highest BCUT2D eigenvalue weighted by atomic mass is 16.5. The second-order valence-electron chi connectivity index (χ2n) is 7.02. The van der Waals surface area contributed by atoms with Crippen molar-refractivity contribution < 1.29 is 29.3 Å². The van der Waals surface area contributed by atoms with E-state index in [0.29, 0.717) is 43.2 Å². The number of amides is 3. The summed E-state index contributed by atoms with van der Waals surface area (Å²) in [6.07, 6.45) is 0. The van der Waals surface area contributed by atoms with Gasteiger partial charge in [-0.3, -0.25) is 9.59 Å². The van der Waals surface area contributed by atoms with Gasteiger partial charge in [0.05, 0.1) is 30.2 Å². The summed E-state index contributed by atoms with van der Waals surface area (Å²) in [5.41, 5.74) is 2.62. The van der Waals surface area contributed by atoms with Gasteiger partial charge in [-0.25, -0.2) is 4.79 Å². The number of nitrogens with two attached hydrogens (primary N) is 1.